The summed E-state index contributed by atoms with van der Waals surface area (Å²) in [6.07, 6.45) is -9.86. The van der Waals surface area contributed by atoms with Gasteiger partial charge < -0.3 is 0 Å². The van der Waals surface area contributed by atoms with E-state index in [2.05, 4.69) is 11.8 Å². The first-order valence-electron chi connectivity index (χ1n) is 8.49. The molecule has 0 fully saturated rings. The van der Waals surface area contributed by atoms with Crippen LogP contribution in [0.4, 0.5) is 26.3 Å². The number of hydrogen-bond acceptors (Lipinski definition) is 1. The molecule has 30 heavy (non-hydrogen) atoms. The van der Waals surface area contributed by atoms with Crippen LogP contribution in [0.5, 0.6) is 0 Å². The van der Waals surface area contributed by atoms with Gasteiger partial charge in [-0.05, 0) is 59.7 Å². The SMILES string of the molecule is N#Cc1ccc(C#Cc2ccccc2-c2cc(C(F)(F)F)cc(C(F)(F)F)c2)cc1. The summed E-state index contributed by atoms with van der Waals surface area (Å²) in [5.41, 5.74) is -1.61. The van der Waals surface area contributed by atoms with Gasteiger partial charge in [0.2, 0.25) is 0 Å². The van der Waals surface area contributed by atoms with Gasteiger partial charge in [-0.15, -0.1) is 0 Å². The molecule has 0 saturated heterocycles. The predicted octanol–water partition coefficient (Wildman–Crippen LogP) is 6.66. The summed E-state index contributed by atoms with van der Waals surface area (Å²) in [4.78, 5) is 0. The van der Waals surface area contributed by atoms with E-state index in [9.17, 15) is 26.3 Å². The highest BCUT2D eigenvalue weighted by Crippen LogP contribution is 2.39. The van der Waals surface area contributed by atoms with Crippen molar-refractivity contribution in [3.8, 4) is 29.0 Å². The third-order valence-corrected chi connectivity index (χ3v) is 4.18. The largest absolute Gasteiger partial charge is 0.416 e. The third kappa shape index (κ3) is 4.82. The molecule has 3 aromatic carbocycles. The first-order valence-corrected chi connectivity index (χ1v) is 8.49. The number of halogens is 6. The lowest BCUT2D eigenvalue weighted by Gasteiger charge is -2.15. The maximum atomic E-state index is 13.2. The zero-order valence-corrected chi connectivity index (χ0v) is 15.1. The van der Waals surface area contributed by atoms with Gasteiger partial charge in [0.25, 0.3) is 0 Å². The zero-order valence-electron chi connectivity index (χ0n) is 15.1. The molecule has 0 aliphatic rings. The van der Waals surface area contributed by atoms with E-state index in [4.69, 9.17) is 5.26 Å². The molecule has 3 rings (SSSR count). The summed E-state index contributed by atoms with van der Waals surface area (Å²) in [7, 11) is 0. The van der Waals surface area contributed by atoms with E-state index in [-0.39, 0.29) is 22.8 Å². The first-order chi connectivity index (χ1) is 14.1. The molecule has 3 aromatic rings. The monoisotopic (exact) mass is 415 g/mol. The smallest absolute Gasteiger partial charge is 0.192 e. The summed E-state index contributed by atoms with van der Waals surface area (Å²) in [5, 5.41) is 8.81. The average molecular weight is 415 g/mol. The zero-order chi connectivity index (χ0) is 21.9. The molecule has 0 heterocycles. The van der Waals surface area contributed by atoms with Crippen LogP contribution in [0.1, 0.15) is 27.8 Å². The highest BCUT2D eigenvalue weighted by molar-refractivity contribution is 5.73. The molecule has 0 atom stereocenters. The number of nitriles is 1. The fourth-order valence-electron chi connectivity index (χ4n) is 2.72. The second-order valence-corrected chi connectivity index (χ2v) is 6.28. The van der Waals surface area contributed by atoms with Crippen molar-refractivity contribution in [1.82, 2.24) is 0 Å². The molecule has 0 aromatic heterocycles. The number of hydrogen-bond donors (Lipinski definition) is 0. The number of rotatable bonds is 1. The van der Waals surface area contributed by atoms with Crippen LogP contribution in [0.25, 0.3) is 11.1 Å². The van der Waals surface area contributed by atoms with Crippen molar-refractivity contribution in [3.05, 3.63) is 94.5 Å². The van der Waals surface area contributed by atoms with Crippen LogP contribution in [-0.2, 0) is 12.4 Å². The van der Waals surface area contributed by atoms with Crippen molar-refractivity contribution in [2.45, 2.75) is 12.4 Å². The Labute approximate surface area is 168 Å². The minimum Gasteiger partial charge on any atom is -0.192 e. The van der Waals surface area contributed by atoms with Crippen molar-refractivity contribution >= 4 is 0 Å². The van der Waals surface area contributed by atoms with E-state index in [0.717, 1.165) is 0 Å². The molecule has 1 nitrogen and oxygen atoms in total. The summed E-state index contributed by atoms with van der Waals surface area (Å²) >= 11 is 0. The second kappa shape index (κ2) is 7.96. The molecular formula is C23H11F6N. The molecule has 0 unspecified atom stereocenters. The van der Waals surface area contributed by atoms with Crippen molar-refractivity contribution in [2.24, 2.45) is 0 Å². The van der Waals surface area contributed by atoms with E-state index in [1.54, 1.807) is 30.3 Å². The van der Waals surface area contributed by atoms with Gasteiger partial charge in [-0.25, -0.2) is 0 Å². The quantitative estimate of drug-likeness (QED) is 0.322. The van der Waals surface area contributed by atoms with Crippen LogP contribution in [0, 0.1) is 23.2 Å². The molecular weight excluding hydrogens is 404 g/mol. The second-order valence-electron chi connectivity index (χ2n) is 6.28. The molecule has 0 bridgehead atoms. The van der Waals surface area contributed by atoms with E-state index in [1.165, 1.54) is 18.2 Å². The number of nitrogens with zero attached hydrogens (tertiary/aromatic N) is 1. The van der Waals surface area contributed by atoms with Gasteiger partial charge >= 0.3 is 12.4 Å². The maximum Gasteiger partial charge on any atom is 0.416 e. The summed E-state index contributed by atoms with van der Waals surface area (Å²) < 4.78 is 79.0. The summed E-state index contributed by atoms with van der Waals surface area (Å²) in [6.45, 7) is 0. The normalized spacial score (nSPS) is 11.4. The van der Waals surface area contributed by atoms with E-state index in [1.807, 2.05) is 6.07 Å². The number of alkyl halides is 6. The van der Waals surface area contributed by atoms with E-state index < -0.39 is 23.5 Å². The van der Waals surface area contributed by atoms with Gasteiger partial charge in [0.1, 0.15) is 0 Å². The fourth-order valence-corrected chi connectivity index (χ4v) is 2.72. The summed E-state index contributed by atoms with van der Waals surface area (Å²) in [5.74, 6) is 5.59. The lowest BCUT2D eigenvalue weighted by Crippen LogP contribution is -2.11. The van der Waals surface area contributed by atoms with Gasteiger partial charge in [-0.3, -0.25) is 0 Å². The molecule has 7 heteroatoms. The van der Waals surface area contributed by atoms with Gasteiger partial charge in [0.15, 0.2) is 0 Å². The van der Waals surface area contributed by atoms with Crippen molar-refractivity contribution in [3.63, 3.8) is 0 Å². The Morgan fingerprint density at radius 1 is 0.633 bits per heavy atom. The van der Waals surface area contributed by atoms with Crippen LogP contribution in [0.15, 0.2) is 66.7 Å². The Balaban J connectivity index is 2.12. The molecule has 0 radical (unpaired) electrons. The standard InChI is InChI=1S/C23H11F6N/c24-22(25,26)19-11-18(12-20(13-19)23(27,28)29)21-4-2-1-3-17(21)10-9-15-5-7-16(14-30)8-6-15/h1-8,11-13H. The Morgan fingerprint density at radius 2 is 1.17 bits per heavy atom. The van der Waals surface area contributed by atoms with Crippen molar-refractivity contribution in [2.75, 3.05) is 0 Å². The first kappa shape index (κ1) is 21.0. The Kier molecular flexibility index (Phi) is 5.58. The molecule has 0 aliphatic carbocycles. The van der Waals surface area contributed by atoms with Crippen LogP contribution < -0.4 is 0 Å². The molecule has 0 spiro atoms. The van der Waals surface area contributed by atoms with E-state index in [0.29, 0.717) is 23.3 Å². The summed E-state index contributed by atoms with van der Waals surface area (Å²) in [6, 6.07) is 15.7. The van der Waals surface area contributed by atoms with Crippen molar-refractivity contribution < 1.29 is 26.3 Å². The lowest BCUT2D eigenvalue weighted by molar-refractivity contribution is -0.143. The average Bonchev–Trinajstić information content (AvgIpc) is 2.71. The fraction of sp³-hybridized carbons (Fsp3) is 0.0870. The van der Waals surface area contributed by atoms with Gasteiger partial charge in [-0.1, -0.05) is 30.0 Å². The number of benzene rings is 3. The van der Waals surface area contributed by atoms with Gasteiger partial charge in [-0.2, -0.15) is 31.6 Å². The minimum absolute atomic E-state index is 0.0918. The minimum atomic E-state index is -4.93. The predicted molar refractivity (Wildman–Crippen MR) is 99.0 cm³/mol. The van der Waals surface area contributed by atoms with Crippen LogP contribution in [0.3, 0.4) is 0 Å². The van der Waals surface area contributed by atoms with Crippen LogP contribution >= 0.6 is 0 Å². The van der Waals surface area contributed by atoms with Gasteiger partial charge in [0.05, 0.1) is 22.8 Å². The third-order valence-electron chi connectivity index (χ3n) is 4.18. The Hall–Kier alpha value is -3.71. The van der Waals surface area contributed by atoms with Gasteiger partial charge in [0, 0.05) is 11.1 Å². The van der Waals surface area contributed by atoms with Crippen molar-refractivity contribution in [1.29, 1.82) is 5.26 Å². The molecule has 0 N–H and O–H groups in total. The lowest BCUT2D eigenvalue weighted by atomic mass is 9.95. The molecule has 0 saturated carbocycles. The molecule has 0 aliphatic heterocycles. The highest BCUT2D eigenvalue weighted by Gasteiger charge is 2.37. The van der Waals surface area contributed by atoms with Crippen LogP contribution in [-0.4, -0.2) is 0 Å². The Bertz CT molecular complexity index is 1140. The maximum absolute atomic E-state index is 13.2. The molecule has 150 valence electrons. The van der Waals surface area contributed by atoms with Crippen LogP contribution in [0.2, 0.25) is 0 Å². The Morgan fingerprint density at radius 3 is 1.70 bits per heavy atom. The molecule has 0 amide bonds. The highest BCUT2D eigenvalue weighted by atomic mass is 19.4. The van der Waals surface area contributed by atoms with E-state index >= 15 is 0 Å². The topological polar surface area (TPSA) is 23.8 Å².